The number of aliphatic hydroxyl groups excluding tert-OH is 1. The molecule has 34 heavy (non-hydrogen) atoms. The van der Waals surface area contributed by atoms with Crippen molar-refractivity contribution in [2.75, 3.05) is 13.2 Å². The summed E-state index contributed by atoms with van der Waals surface area (Å²) in [5, 5.41) is 9.21. The maximum absolute atomic E-state index is 12.5. The number of esters is 3. The quantitative estimate of drug-likeness (QED) is 0.138. The summed E-state index contributed by atoms with van der Waals surface area (Å²) in [5.74, 6) is -1.11. The van der Waals surface area contributed by atoms with Gasteiger partial charge in [-0.1, -0.05) is 43.2 Å². The van der Waals surface area contributed by atoms with E-state index in [1.165, 1.54) is 24.6 Å². The Kier molecular flexibility index (Phi) is 13.2. The zero-order valence-electron chi connectivity index (χ0n) is 21.3. The van der Waals surface area contributed by atoms with Gasteiger partial charge in [-0.25, -0.2) is 9.59 Å². The summed E-state index contributed by atoms with van der Waals surface area (Å²) in [6.07, 6.45) is 10.8. The van der Waals surface area contributed by atoms with Gasteiger partial charge in [0.15, 0.2) is 6.10 Å². The highest BCUT2D eigenvalue weighted by Gasteiger charge is 2.34. The minimum atomic E-state index is -0.657. The van der Waals surface area contributed by atoms with E-state index in [1.54, 1.807) is 12.2 Å². The van der Waals surface area contributed by atoms with Gasteiger partial charge in [0.1, 0.15) is 6.10 Å². The molecule has 0 saturated heterocycles. The molecule has 0 aromatic rings. The molecule has 1 aliphatic rings. The zero-order valence-corrected chi connectivity index (χ0v) is 21.3. The molecular formula is C27H40O7. The smallest absolute Gasteiger partial charge is 0.331 e. The lowest BCUT2D eigenvalue weighted by Gasteiger charge is -2.32. The second-order valence-corrected chi connectivity index (χ2v) is 9.14. The summed E-state index contributed by atoms with van der Waals surface area (Å²) in [4.78, 5) is 35.4. The molecule has 0 bridgehead atoms. The number of rotatable bonds is 13. The van der Waals surface area contributed by atoms with Crippen molar-refractivity contribution >= 4 is 17.9 Å². The summed E-state index contributed by atoms with van der Waals surface area (Å²) < 4.78 is 16.1. The molecule has 0 fully saturated rings. The second-order valence-electron chi connectivity index (χ2n) is 9.14. The average Bonchev–Trinajstić information content (AvgIpc) is 2.77. The van der Waals surface area contributed by atoms with E-state index in [1.807, 2.05) is 26.8 Å². The zero-order chi connectivity index (χ0) is 25.7. The first kappa shape index (κ1) is 29.4. The van der Waals surface area contributed by atoms with Gasteiger partial charge in [-0.2, -0.15) is 0 Å². The molecule has 1 heterocycles. The lowest BCUT2D eigenvalue weighted by molar-refractivity contribution is -0.164. The Morgan fingerprint density at radius 3 is 2.53 bits per heavy atom. The van der Waals surface area contributed by atoms with Crippen LogP contribution in [0.5, 0.6) is 0 Å². The van der Waals surface area contributed by atoms with Crippen LogP contribution in [0.15, 0.2) is 47.6 Å². The van der Waals surface area contributed by atoms with E-state index in [2.05, 4.69) is 19.9 Å². The lowest BCUT2D eigenvalue weighted by Crippen LogP contribution is -2.41. The largest absolute Gasteiger partial charge is 0.465 e. The third kappa shape index (κ3) is 11.5. The first-order chi connectivity index (χ1) is 16.0. The molecule has 0 amide bonds. The lowest BCUT2D eigenvalue weighted by atomic mass is 9.86. The molecule has 0 radical (unpaired) electrons. The van der Waals surface area contributed by atoms with E-state index in [9.17, 15) is 19.5 Å². The van der Waals surface area contributed by atoms with Crippen LogP contribution in [0.2, 0.25) is 0 Å². The minimum absolute atomic E-state index is 0.0116. The molecule has 0 spiro atoms. The molecule has 5 atom stereocenters. The predicted molar refractivity (Wildman–Crippen MR) is 131 cm³/mol. The Morgan fingerprint density at radius 1 is 1.21 bits per heavy atom. The topological polar surface area (TPSA) is 99.1 Å². The van der Waals surface area contributed by atoms with Crippen molar-refractivity contribution in [1.29, 1.82) is 0 Å². The van der Waals surface area contributed by atoms with Crippen LogP contribution in [0, 0.1) is 17.8 Å². The Hall–Kier alpha value is -2.67. The van der Waals surface area contributed by atoms with Crippen LogP contribution in [0.4, 0.5) is 0 Å². The predicted octanol–water partition coefficient (Wildman–Crippen LogP) is 4.46. The van der Waals surface area contributed by atoms with Crippen molar-refractivity contribution in [2.45, 2.75) is 73.0 Å². The van der Waals surface area contributed by atoms with Crippen molar-refractivity contribution in [1.82, 2.24) is 0 Å². The highest BCUT2D eigenvalue weighted by Crippen LogP contribution is 2.28. The Morgan fingerprint density at radius 2 is 1.91 bits per heavy atom. The van der Waals surface area contributed by atoms with E-state index < -0.39 is 24.1 Å². The molecule has 1 rings (SSSR count). The number of hydrogen-bond donors (Lipinski definition) is 1. The molecule has 1 aliphatic heterocycles. The molecule has 0 unspecified atom stereocenters. The van der Waals surface area contributed by atoms with Crippen LogP contribution in [-0.4, -0.2) is 48.4 Å². The molecule has 0 aromatic heterocycles. The fourth-order valence-corrected chi connectivity index (χ4v) is 3.99. The molecule has 1 N–H and O–H groups in total. The SMILES string of the molecule is C/C=C(\C)C[C@H](C)C[C@H](C)[C@H]1OC(=O)C=C[C@H]1OC(=O)/C=C/C(C)=C/[C@H](CCO)COC(C)=O. The van der Waals surface area contributed by atoms with Gasteiger partial charge in [-0.05, 0) is 57.9 Å². The first-order valence-corrected chi connectivity index (χ1v) is 11.9. The number of hydrogen-bond acceptors (Lipinski definition) is 7. The van der Waals surface area contributed by atoms with Crippen LogP contribution in [0.1, 0.15) is 60.8 Å². The Bertz CT molecular complexity index is 806. The summed E-state index contributed by atoms with van der Waals surface area (Å²) in [7, 11) is 0. The molecule has 7 heteroatoms. The van der Waals surface area contributed by atoms with Gasteiger partial charge in [0.2, 0.25) is 0 Å². The maximum Gasteiger partial charge on any atom is 0.331 e. The fourth-order valence-electron chi connectivity index (χ4n) is 3.99. The highest BCUT2D eigenvalue weighted by molar-refractivity contribution is 5.85. The van der Waals surface area contributed by atoms with Gasteiger partial charge >= 0.3 is 17.9 Å². The van der Waals surface area contributed by atoms with Crippen molar-refractivity contribution < 1.29 is 33.7 Å². The van der Waals surface area contributed by atoms with E-state index in [0.717, 1.165) is 18.4 Å². The van der Waals surface area contributed by atoms with E-state index >= 15 is 0 Å². The van der Waals surface area contributed by atoms with Crippen LogP contribution in [0.3, 0.4) is 0 Å². The number of allylic oxidation sites excluding steroid dienone is 4. The van der Waals surface area contributed by atoms with E-state index in [-0.39, 0.29) is 31.0 Å². The molecule has 190 valence electrons. The van der Waals surface area contributed by atoms with Gasteiger partial charge in [-0.15, -0.1) is 0 Å². The maximum atomic E-state index is 12.5. The number of cyclic esters (lactones) is 1. The summed E-state index contributed by atoms with van der Waals surface area (Å²) in [5.41, 5.74) is 2.08. The van der Waals surface area contributed by atoms with Crippen LogP contribution < -0.4 is 0 Å². The number of aliphatic hydroxyl groups is 1. The Labute approximate surface area is 203 Å². The third-order valence-electron chi connectivity index (χ3n) is 5.73. The van der Waals surface area contributed by atoms with Crippen LogP contribution in [0.25, 0.3) is 0 Å². The van der Waals surface area contributed by atoms with Crippen LogP contribution >= 0.6 is 0 Å². The standard InChI is InChI=1S/C27H40O7/c1-7-18(2)14-20(4)15-21(5)27-24(9-11-26(31)34-27)33-25(30)10-8-19(3)16-23(12-13-28)17-32-22(6)29/h7-11,16,20-21,23-24,27-28H,12-15,17H2,1-6H3/b10-8+,18-7+,19-16+/t20-,21-,23-,24+,27+/m0/s1. The van der Waals surface area contributed by atoms with Gasteiger partial charge < -0.3 is 19.3 Å². The molecule has 0 aliphatic carbocycles. The summed E-state index contributed by atoms with van der Waals surface area (Å²) in [6.45, 7) is 11.5. The summed E-state index contributed by atoms with van der Waals surface area (Å²) in [6, 6.07) is 0. The molecule has 0 saturated carbocycles. The van der Waals surface area contributed by atoms with Crippen LogP contribution in [-0.2, 0) is 28.6 Å². The summed E-state index contributed by atoms with van der Waals surface area (Å²) >= 11 is 0. The van der Waals surface area contributed by atoms with Crippen molar-refractivity contribution in [3.63, 3.8) is 0 Å². The monoisotopic (exact) mass is 476 g/mol. The fraction of sp³-hybridized carbons (Fsp3) is 0.593. The van der Waals surface area contributed by atoms with E-state index in [0.29, 0.717) is 12.3 Å². The first-order valence-electron chi connectivity index (χ1n) is 11.9. The number of carbonyl (C=O) groups is 3. The second kappa shape index (κ2) is 15.3. The Balaban J connectivity index is 2.78. The highest BCUT2D eigenvalue weighted by atomic mass is 16.6. The van der Waals surface area contributed by atoms with Gasteiger partial charge in [-0.3, -0.25) is 4.79 Å². The minimum Gasteiger partial charge on any atom is -0.465 e. The number of ether oxygens (including phenoxy) is 3. The van der Waals surface area contributed by atoms with Crippen molar-refractivity contribution in [3.05, 3.63) is 47.6 Å². The third-order valence-corrected chi connectivity index (χ3v) is 5.73. The number of carbonyl (C=O) groups excluding carboxylic acids is 3. The van der Waals surface area contributed by atoms with Crippen molar-refractivity contribution in [3.8, 4) is 0 Å². The van der Waals surface area contributed by atoms with E-state index in [4.69, 9.17) is 14.2 Å². The molecule has 0 aromatic carbocycles. The van der Waals surface area contributed by atoms with Gasteiger partial charge in [0.25, 0.3) is 0 Å². The average molecular weight is 477 g/mol. The van der Waals surface area contributed by atoms with Crippen molar-refractivity contribution in [2.24, 2.45) is 17.8 Å². The van der Waals surface area contributed by atoms with Gasteiger partial charge in [0.05, 0.1) is 6.61 Å². The molecular weight excluding hydrogens is 436 g/mol. The molecule has 7 nitrogen and oxygen atoms in total. The van der Waals surface area contributed by atoms with Gasteiger partial charge in [0, 0.05) is 31.6 Å². The normalized spacial score (nSPS) is 21.7.